The van der Waals surface area contributed by atoms with E-state index in [4.69, 9.17) is 14.7 Å². The number of nitro benzene ring substituents is 1. The molecule has 0 radical (unpaired) electrons. The van der Waals surface area contributed by atoms with Gasteiger partial charge in [-0.1, -0.05) is 0 Å². The molecule has 0 aliphatic carbocycles. The highest BCUT2D eigenvalue weighted by Gasteiger charge is 2.09. The number of benzene rings is 1. The van der Waals surface area contributed by atoms with Gasteiger partial charge in [0.05, 0.1) is 29.4 Å². The summed E-state index contributed by atoms with van der Waals surface area (Å²) in [7, 11) is 1.63. The lowest BCUT2D eigenvalue weighted by Crippen LogP contribution is -2.07. The second-order valence-corrected chi connectivity index (χ2v) is 4.34. The summed E-state index contributed by atoms with van der Waals surface area (Å²) in [5.74, 6) is 0. The zero-order valence-electron chi connectivity index (χ0n) is 12.0. The highest BCUT2D eigenvalue weighted by Crippen LogP contribution is 2.21. The fourth-order valence-electron chi connectivity index (χ4n) is 1.69. The molecule has 0 aromatic heterocycles. The SMILES string of the molecule is COCCOCCCCNc1ccc([N+](=O)[O-])cc1C#N. The summed E-state index contributed by atoms with van der Waals surface area (Å²) < 4.78 is 10.2. The Morgan fingerprint density at radius 1 is 1.33 bits per heavy atom. The molecule has 0 aliphatic heterocycles. The predicted molar refractivity (Wildman–Crippen MR) is 78.2 cm³/mol. The van der Waals surface area contributed by atoms with E-state index in [1.807, 2.05) is 6.07 Å². The molecule has 0 heterocycles. The molecule has 1 aromatic rings. The first-order valence-electron chi connectivity index (χ1n) is 6.68. The van der Waals surface area contributed by atoms with Crippen molar-refractivity contribution < 1.29 is 14.4 Å². The number of hydrogen-bond acceptors (Lipinski definition) is 6. The van der Waals surface area contributed by atoms with E-state index in [2.05, 4.69) is 5.32 Å². The molecule has 0 spiro atoms. The largest absolute Gasteiger partial charge is 0.384 e. The van der Waals surface area contributed by atoms with Crippen molar-refractivity contribution in [3.05, 3.63) is 33.9 Å². The van der Waals surface area contributed by atoms with E-state index in [9.17, 15) is 10.1 Å². The Hall–Kier alpha value is -2.17. The molecule has 7 heteroatoms. The molecule has 1 rings (SSSR count). The Labute approximate surface area is 123 Å². The Balaban J connectivity index is 2.32. The van der Waals surface area contributed by atoms with Gasteiger partial charge in [0.2, 0.25) is 0 Å². The zero-order chi connectivity index (χ0) is 15.5. The van der Waals surface area contributed by atoms with E-state index in [1.54, 1.807) is 13.2 Å². The van der Waals surface area contributed by atoms with E-state index in [0.717, 1.165) is 12.8 Å². The van der Waals surface area contributed by atoms with Crippen molar-refractivity contribution in [3.8, 4) is 6.07 Å². The molecule has 1 N–H and O–H groups in total. The van der Waals surface area contributed by atoms with Gasteiger partial charge in [-0.3, -0.25) is 10.1 Å². The van der Waals surface area contributed by atoms with E-state index in [0.29, 0.717) is 32.1 Å². The molecule has 1 aromatic carbocycles. The van der Waals surface area contributed by atoms with Crippen LogP contribution >= 0.6 is 0 Å². The van der Waals surface area contributed by atoms with Gasteiger partial charge in [0.1, 0.15) is 6.07 Å². The number of methoxy groups -OCH3 is 1. The maximum Gasteiger partial charge on any atom is 0.270 e. The molecule has 0 unspecified atom stereocenters. The van der Waals surface area contributed by atoms with Crippen LogP contribution in [0.5, 0.6) is 0 Å². The molecule has 7 nitrogen and oxygen atoms in total. The van der Waals surface area contributed by atoms with Crippen molar-refractivity contribution >= 4 is 11.4 Å². The molecule has 114 valence electrons. The van der Waals surface area contributed by atoms with Gasteiger partial charge >= 0.3 is 0 Å². The number of nitrogens with zero attached hydrogens (tertiary/aromatic N) is 2. The Kier molecular flexibility index (Phi) is 7.79. The van der Waals surface area contributed by atoms with Crippen molar-refractivity contribution in [2.45, 2.75) is 12.8 Å². The van der Waals surface area contributed by atoms with Crippen LogP contribution < -0.4 is 5.32 Å². The van der Waals surface area contributed by atoms with Gasteiger partial charge in [-0.2, -0.15) is 5.26 Å². The smallest absolute Gasteiger partial charge is 0.270 e. The maximum absolute atomic E-state index is 10.6. The minimum atomic E-state index is -0.512. The van der Waals surface area contributed by atoms with Gasteiger partial charge in [0.25, 0.3) is 5.69 Å². The van der Waals surface area contributed by atoms with Crippen molar-refractivity contribution in [1.29, 1.82) is 5.26 Å². The van der Waals surface area contributed by atoms with Gasteiger partial charge in [-0.15, -0.1) is 0 Å². The summed E-state index contributed by atoms with van der Waals surface area (Å²) in [6, 6.07) is 6.18. The second kappa shape index (κ2) is 9.69. The van der Waals surface area contributed by atoms with E-state index < -0.39 is 4.92 Å². The normalized spacial score (nSPS) is 10.1. The van der Waals surface area contributed by atoms with Gasteiger partial charge in [-0.05, 0) is 18.9 Å². The van der Waals surface area contributed by atoms with Crippen LogP contribution in [-0.4, -0.2) is 38.4 Å². The minimum Gasteiger partial charge on any atom is -0.384 e. The Morgan fingerprint density at radius 2 is 2.14 bits per heavy atom. The number of nitro groups is 1. The number of rotatable bonds is 10. The molecule has 0 saturated carbocycles. The molecular weight excluding hydrogens is 274 g/mol. The quantitative estimate of drug-likeness (QED) is 0.404. The third-order valence-electron chi connectivity index (χ3n) is 2.80. The molecule has 21 heavy (non-hydrogen) atoms. The number of hydrogen-bond donors (Lipinski definition) is 1. The molecule has 0 amide bonds. The fraction of sp³-hybridized carbons (Fsp3) is 0.500. The topological polar surface area (TPSA) is 97.4 Å². The van der Waals surface area contributed by atoms with Gasteiger partial charge < -0.3 is 14.8 Å². The maximum atomic E-state index is 10.6. The van der Waals surface area contributed by atoms with E-state index in [1.165, 1.54) is 12.1 Å². The molecule has 0 aliphatic rings. The van der Waals surface area contributed by atoms with E-state index >= 15 is 0 Å². The van der Waals surface area contributed by atoms with E-state index in [-0.39, 0.29) is 11.3 Å². The lowest BCUT2D eigenvalue weighted by atomic mass is 10.1. The lowest BCUT2D eigenvalue weighted by Gasteiger charge is -2.08. The number of nitrogens with one attached hydrogen (secondary N) is 1. The van der Waals surface area contributed by atoms with Crippen LogP contribution in [-0.2, 0) is 9.47 Å². The number of nitriles is 1. The van der Waals surface area contributed by atoms with Crippen molar-refractivity contribution in [2.24, 2.45) is 0 Å². The zero-order valence-corrected chi connectivity index (χ0v) is 12.0. The first-order valence-corrected chi connectivity index (χ1v) is 6.68. The lowest BCUT2D eigenvalue weighted by molar-refractivity contribution is -0.384. The van der Waals surface area contributed by atoms with Gasteiger partial charge in [0.15, 0.2) is 0 Å². The average Bonchev–Trinajstić information content (AvgIpc) is 2.49. The van der Waals surface area contributed by atoms with Crippen molar-refractivity contribution in [2.75, 3.05) is 38.8 Å². The van der Waals surface area contributed by atoms with Crippen LogP contribution in [0.4, 0.5) is 11.4 Å². The fourth-order valence-corrected chi connectivity index (χ4v) is 1.69. The summed E-state index contributed by atoms with van der Waals surface area (Å²) in [5, 5.41) is 22.8. The van der Waals surface area contributed by atoms with Crippen molar-refractivity contribution in [3.63, 3.8) is 0 Å². The van der Waals surface area contributed by atoms with Crippen LogP contribution in [0.25, 0.3) is 0 Å². The summed E-state index contributed by atoms with van der Waals surface area (Å²) in [4.78, 5) is 10.1. The van der Waals surface area contributed by atoms with Crippen LogP contribution in [0, 0.1) is 21.4 Å². The standard InChI is InChI=1S/C14H19N3O4/c1-20-8-9-21-7-3-2-6-16-14-5-4-13(17(18)19)10-12(14)11-15/h4-5,10,16H,2-3,6-9H2,1H3. The minimum absolute atomic E-state index is 0.0800. The van der Waals surface area contributed by atoms with Crippen LogP contribution in [0.1, 0.15) is 18.4 Å². The first kappa shape index (κ1) is 16.9. The summed E-state index contributed by atoms with van der Waals surface area (Å²) in [6.45, 7) is 2.52. The summed E-state index contributed by atoms with van der Waals surface area (Å²) in [6.07, 6.45) is 1.78. The van der Waals surface area contributed by atoms with Crippen molar-refractivity contribution in [1.82, 2.24) is 0 Å². The Bertz CT molecular complexity index is 499. The molecule has 0 bridgehead atoms. The third-order valence-corrected chi connectivity index (χ3v) is 2.80. The molecule has 0 fully saturated rings. The third kappa shape index (κ3) is 6.21. The highest BCUT2D eigenvalue weighted by molar-refractivity contribution is 5.61. The second-order valence-electron chi connectivity index (χ2n) is 4.34. The predicted octanol–water partition coefficient (Wildman–Crippen LogP) is 2.32. The van der Waals surface area contributed by atoms with Crippen LogP contribution in [0.3, 0.4) is 0 Å². The monoisotopic (exact) mass is 293 g/mol. The highest BCUT2D eigenvalue weighted by atomic mass is 16.6. The number of ether oxygens (including phenoxy) is 2. The number of non-ortho nitro benzene ring substituents is 1. The first-order chi connectivity index (χ1) is 10.2. The molecule has 0 saturated heterocycles. The molecule has 0 atom stereocenters. The number of unbranched alkanes of at least 4 members (excludes halogenated alkanes) is 1. The summed E-state index contributed by atoms with van der Waals surface area (Å²) in [5.41, 5.74) is 0.813. The average molecular weight is 293 g/mol. The molecular formula is C14H19N3O4. The summed E-state index contributed by atoms with van der Waals surface area (Å²) >= 11 is 0. The van der Waals surface area contributed by atoms with Gasteiger partial charge in [0, 0.05) is 32.4 Å². The van der Waals surface area contributed by atoms with Crippen LogP contribution in [0.2, 0.25) is 0 Å². The Morgan fingerprint density at radius 3 is 2.81 bits per heavy atom. The number of anilines is 1. The van der Waals surface area contributed by atoms with Gasteiger partial charge in [-0.25, -0.2) is 0 Å². The van der Waals surface area contributed by atoms with Crippen LogP contribution in [0.15, 0.2) is 18.2 Å².